The predicted molar refractivity (Wildman–Crippen MR) is 73.7 cm³/mol. The Kier molecular flexibility index (Phi) is 2.80. The predicted octanol–water partition coefficient (Wildman–Crippen LogP) is 1.04. The molecule has 2 aliphatic rings. The van der Waals surface area contributed by atoms with Crippen molar-refractivity contribution in [2.45, 2.75) is 20.3 Å². The van der Waals surface area contributed by atoms with Gasteiger partial charge in [-0.25, -0.2) is 19.4 Å². The van der Waals surface area contributed by atoms with Gasteiger partial charge >= 0.3 is 6.03 Å². The number of anilines is 1. The van der Waals surface area contributed by atoms with Gasteiger partial charge in [0.15, 0.2) is 12.5 Å². The maximum Gasteiger partial charge on any atom is 0.336 e. The lowest BCUT2D eigenvalue weighted by molar-refractivity contribution is -0.885. The lowest BCUT2D eigenvalue weighted by Gasteiger charge is -2.33. The maximum absolute atomic E-state index is 12.5. The van der Waals surface area contributed by atoms with Crippen LogP contribution in [0.1, 0.15) is 26.0 Å². The van der Waals surface area contributed by atoms with Crippen LogP contribution in [0.15, 0.2) is 11.4 Å². The van der Waals surface area contributed by atoms with E-state index in [1.54, 1.807) is 18.2 Å². The highest BCUT2D eigenvalue weighted by atomic mass is 16.6. The molecular weight excluding hydrogens is 260 g/mol. The number of carbonyl (C=O) groups is 1. The molecule has 1 aromatic rings. The molecule has 1 aromatic heterocycles. The number of amidine groups is 1. The highest BCUT2D eigenvalue weighted by Gasteiger charge is 2.46. The molecular formula is C12H18N6O2. The van der Waals surface area contributed by atoms with E-state index in [1.807, 2.05) is 18.5 Å². The van der Waals surface area contributed by atoms with Crippen molar-refractivity contribution in [2.75, 3.05) is 24.7 Å². The van der Waals surface area contributed by atoms with E-state index in [0.29, 0.717) is 24.7 Å². The van der Waals surface area contributed by atoms with Crippen molar-refractivity contribution in [3.05, 3.63) is 17.2 Å². The number of urea groups is 1. The minimum Gasteiger partial charge on any atom is -0.603 e. The summed E-state index contributed by atoms with van der Waals surface area (Å²) in [4.78, 5) is 19.9. The smallest absolute Gasteiger partial charge is 0.336 e. The van der Waals surface area contributed by atoms with Gasteiger partial charge in [0.1, 0.15) is 12.2 Å². The highest BCUT2D eigenvalue weighted by Crippen LogP contribution is 2.32. The first kappa shape index (κ1) is 13.1. The second kappa shape index (κ2) is 4.29. The van der Waals surface area contributed by atoms with Crippen LogP contribution in [0.3, 0.4) is 0 Å². The summed E-state index contributed by atoms with van der Waals surface area (Å²) in [7, 11) is 1.84. The quantitative estimate of drug-likeness (QED) is 0.612. The summed E-state index contributed by atoms with van der Waals surface area (Å²) in [6, 6.07) is -0.207. The summed E-state index contributed by atoms with van der Waals surface area (Å²) in [5.74, 6) is 1.04. The van der Waals surface area contributed by atoms with E-state index in [-0.39, 0.29) is 12.7 Å². The number of fused-ring (bicyclic) bond motifs is 3. The number of imidazole rings is 1. The van der Waals surface area contributed by atoms with Crippen molar-refractivity contribution in [1.29, 1.82) is 0 Å². The largest absolute Gasteiger partial charge is 0.603 e. The number of rotatable bonds is 3. The van der Waals surface area contributed by atoms with Crippen molar-refractivity contribution < 1.29 is 9.55 Å². The molecule has 0 radical (unpaired) electrons. The van der Waals surface area contributed by atoms with Gasteiger partial charge in [-0.2, -0.15) is 0 Å². The van der Waals surface area contributed by atoms with Crippen LogP contribution < -0.4 is 4.90 Å². The number of hydrogen-bond donors (Lipinski definition) is 0. The molecule has 0 fully saturated rings. The molecule has 20 heavy (non-hydrogen) atoms. The minimum atomic E-state index is -0.744. The number of hydrogen-bond acceptors (Lipinski definition) is 4. The third kappa shape index (κ3) is 1.65. The van der Waals surface area contributed by atoms with Crippen LogP contribution in [-0.4, -0.2) is 50.8 Å². The summed E-state index contributed by atoms with van der Waals surface area (Å²) in [6.45, 7) is 4.69. The van der Waals surface area contributed by atoms with Crippen molar-refractivity contribution in [2.24, 2.45) is 12.1 Å². The molecule has 0 spiro atoms. The van der Waals surface area contributed by atoms with E-state index in [0.717, 1.165) is 12.1 Å². The second-order valence-corrected chi connectivity index (χ2v) is 5.12. The van der Waals surface area contributed by atoms with Gasteiger partial charge in [0, 0.05) is 13.6 Å². The number of hydroxylamine groups is 2. The average Bonchev–Trinajstić information content (AvgIpc) is 2.96. The van der Waals surface area contributed by atoms with Gasteiger partial charge in [-0.05, 0) is 13.3 Å². The zero-order valence-corrected chi connectivity index (χ0v) is 11.9. The van der Waals surface area contributed by atoms with Gasteiger partial charge in [0.25, 0.3) is 0 Å². The van der Waals surface area contributed by atoms with Gasteiger partial charge in [-0.1, -0.05) is 12.0 Å². The molecule has 0 bridgehead atoms. The van der Waals surface area contributed by atoms with Crippen LogP contribution in [0.2, 0.25) is 0 Å². The van der Waals surface area contributed by atoms with Gasteiger partial charge in [0.05, 0.1) is 6.33 Å². The zero-order valence-electron chi connectivity index (χ0n) is 11.9. The van der Waals surface area contributed by atoms with Crippen LogP contribution in [0, 0.1) is 5.21 Å². The fourth-order valence-corrected chi connectivity index (χ4v) is 2.58. The number of carbonyl (C=O) groups excluding carboxylic acids is 1. The second-order valence-electron chi connectivity index (χ2n) is 5.12. The van der Waals surface area contributed by atoms with Crippen LogP contribution in [0.5, 0.6) is 0 Å². The van der Waals surface area contributed by atoms with Crippen molar-refractivity contribution >= 4 is 17.7 Å². The molecule has 3 heterocycles. The third-order valence-corrected chi connectivity index (χ3v) is 3.68. The first-order valence-electron chi connectivity index (χ1n) is 6.79. The van der Waals surface area contributed by atoms with Gasteiger partial charge in [-0.3, -0.25) is 4.90 Å². The number of nitrogens with zero attached hydrogens (tertiary/aromatic N) is 6. The first-order valence-corrected chi connectivity index (χ1v) is 6.79. The fourth-order valence-electron chi connectivity index (χ4n) is 2.58. The van der Waals surface area contributed by atoms with E-state index in [9.17, 15) is 10.0 Å². The Morgan fingerprint density at radius 3 is 2.85 bits per heavy atom. The molecule has 2 amide bonds. The molecule has 0 N–H and O–H groups in total. The van der Waals surface area contributed by atoms with Crippen LogP contribution >= 0.6 is 0 Å². The molecule has 0 aromatic carbocycles. The fraction of sp³-hybridized carbons (Fsp3) is 0.583. The molecule has 1 unspecified atom stereocenters. The molecule has 1 atom stereocenters. The molecule has 0 saturated heterocycles. The van der Waals surface area contributed by atoms with E-state index >= 15 is 0 Å². The van der Waals surface area contributed by atoms with Gasteiger partial charge in [-0.15, -0.1) is 0 Å². The van der Waals surface area contributed by atoms with Crippen molar-refractivity contribution in [1.82, 2.24) is 14.5 Å². The van der Waals surface area contributed by atoms with Crippen LogP contribution in [0.25, 0.3) is 0 Å². The van der Waals surface area contributed by atoms with Crippen LogP contribution in [0.4, 0.5) is 10.6 Å². The Morgan fingerprint density at radius 1 is 1.45 bits per heavy atom. The number of amides is 2. The first-order chi connectivity index (χ1) is 9.50. The van der Waals surface area contributed by atoms with E-state index in [2.05, 4.69) is 10.1 Å². The standard InChI is InChI=1S/C12H18N6O2/c1-4-6-16-10-9(15(3)7-13-10)11-14-18(20,5-2)8-17(11)12(16)19/h7H,4-6,8H2,1-3H3. The lowest BCUT2D eigenvalue weighted by atomic mass is 10.2. The SMILES string of the molecule is CCCN1C(=O)N2C[N+]([O-])(CC)N=C2c2c1ncn2C. The summed E-state index contributed by atoms with van der Waals surface area (Å²) in [5, 5.41) is 16.6. The van der Waals surface area contributed by atoms with Crippen molar-refractivity contribution in [3.63, 3.8) is 0 Å². The Morgan fingerprint density at radius 2 is 2.20 bits per heavy atom. The summed E-state index contributed by atoms with van der Waals surface area (Å²) in [6.07, 6.45) is 2.48. The number of quaternary nitrogens is 1. The van der Waals surface area contributed by atoms with E-state index < -0.39 is 4.76 Å². The molecule has 2 aliphatic heterocycles. The summed E-state index contributed by atoms with van der Waals surface area (Å²) < 4.78 is 1.06. The number of aryl methyl sites for hydroxylation is 1. The Labute approximate surface area is 117 Å². The maximum atomic E-state index is 12.5. The van der Waals surface area contributed by atoms with Gasteiger partial charge < -0.3 is 9.77 Å². The monoisotopic (exact) mass is 278 g/mol. The molecule has 0 aliphatic carbocycles. The highest BCUT2D eigenvalue weighted by molar-refractivity contribution is 6.17. The third-order valence-electron chi connectivity index (χ3n) is 3.68. The molecule has 108 valence electrons. The van der Waals surface area contributed by atoms with Crippen LogP contribution in [-0.2, 0) is 7.05 Å². The Bertz CT molecular complexity index is 595. The normalized spacial score (nSPS) is 24.8. The summed E-state index contributed by atoms with van der Waals surface area (Å²) >= 11 is 0. The lowest BCUT2D eigenvalue weighted by Crippen LogP contribution is -2.52. The van der Waals surface area contributed by atoms with Gasteiger partial charge in [0.2, 0.25) is 5.84 Å². The molecule has 8 nitrogen and oxygen atoms in total. The van der Waals surface area contributed by atoms with Crippen molar-refractivity contribution in [3.8, 4) is 0 Å². The van der Waals surface area contributed by atoms with E-state index in [1.165, 1.54) is 4.90 Å². The number of aromatic nitrogens is 2. The topological polar surface area (TPSA) is 76.8 Å². The summed E-state index contributed by atoms with van der Waals surface area (Å²) in [5.41, 5.74) is 0.738. The Balaban J connectivity index is 2.14. The van der Waals surface area contributed by atoms with E-state index in [4.69, 9.17) is 0 Å². The zero-order chi connectivity index (χ0) is 14.5. The minimum absolute atomic E-state index is 0.0372. The molecule has 3 rings (SSSR count). The Hall–Kier alpha value is -1.93. The average molecular weight is 278 g/mol. The molecule has 0 saturated carbocycles. The molecule has 8 heteroatoms.